The highest BCUT2D eigenvalue weighted by Gasteiger charge is 2.54. The number of anilines is 2. The highest BCUT2D eigenvalue weighted by molar-refractivity contribution is 8.54. The highest BCUT2D eigenvalue weighted by atomic mass is 32.7. The molecule has 0 bridgehead atoms. The Bertz CT molecular complexity index is 2520. The van der Waals surface area contributed by atoms with Crippen molar-refractivity contribution in [1.29, 1.82) is 0 Å². The summed E-state index contributed by atoms with van der Waals surface area (Å²) in [6.45, 7) is -3.89. The number of nitrogens with one attached hydrogen (secondary N) is 1. The van der Waals surface area contributed by atoms with Crippen molar-refractivity contribution in [1.82, 2.24) is 39.0 Å². The van der Waals surface area contributed by atoms with Crippen molar-refractivity contribution in [3.05, 3.63) is 59.2 Å². The number of rotatable bonds is 9. The minimum atomic E-state index is -4.51. The number of aromatic nitrogens is 8. The van der Waals surface area contributed by atoms with Gasteiger partial charge in [-0.1, -0.05) is 25.5 Å². The van der Waals surface area contributed by atoms with E-state index in [9.17, 15) is 18.7 Å². The first-order valence-corrected chi connectivity index (χ1v) is 23.4. The van der Waals surface area contributed by atoms with Gasteiger partial charge in [0.05, 0.1) is 25.9 Å². The maximum Gasteiger partial charge on any atom is 0.389 e. The summed E-state index contributed by atoms with van der Waals surface area (Å²) in [5.74, 6) is -0.333. The zero-order valence-electron chi connectivity index (χ0n) is 31.2. The monoisotopic (exact) mass is 880 g/mol. The molecule has 3 saturated heterocycles. The molecule has 0 spiro atoms. The van der Waals surface area contributed by atoms with Crippen LogP contribution in [-0.2, 0) is 47.2 Å². The van der Waals surface area contributed by atoms with E-state index in [4.69, 9.17) is 43.8 Å². The molecule has 3 aliphatic heterocycles. The molecule has 0 aliphatic carbocycles. The lowest BCUT2D eigenvalue weighted by Crippen LogP contribution is -2.37. The van der Waals surface area contributed by atoms with E-state index in [1.54, 1.807) is 24.3 Å². The molecule has 0 amide bonds. The third-order valence-corrected chi connectivity index (χ3v) is 14.5. The third kappa shape index (κ3) is 8.53. The van der Waals surface area contributed by atoms with Gasteiger partial charge in [-0.05, 0) is 35.5 Å². The summed E-state index contributed by atoms with van der Waals surface area (Å²) in [6.07, 6.45) is -8.15. The Labute approximate surface area is 337 Å². The lowest BCUT2D eigenvalue weighted by atomic mass is 10.1. The SMILES string of the molecule is B[P@@]1(=O)OC[C@H]2O[C@@H](n3cnc4c(N)ncnc43)[C@H](F)[C@@H]2O[P@@](=O)(SCc2ccc(OC(=O)CCCC)cc2)OC[C@H]2O[C@@H](n3cnc4c(=O)[nH]c(N)nc43)[C@H](F)[C@@H]2O1. The van der Waals surface area contributed by atoms with Crippen molar-refractivity contribution in [3.63, 3.8) is 0 Å². The maximum atomic E-state index is 16.8. The van der Waals surface area contributed by atoms with Gasteiger partial charge in [-0.15, -0.1) is 0 Å². The van der Waals surface area contributed by atoms with E-state index in [0.717, 1.165) is 31.2 Å². The van der Waals surface area contributed by atoms with Crippen LogP contribution in [0.4, 0.5) is 20.5 Å². The Kier molecular flexibility index (Phi) is 11.7. The van der Waals surface area contributed by atoms with E-state index >= 15 is 8.78 Å². The second kappa shape index (κ2) is 16.6. The molecular weight excluding hydrogens is 843 g/mol. The van der Waals surface area contributed by atoms with Gasteiger partial charge in [-0.3, -0.25) is 37.3 Å². The molecule has 59 heavy (non-hydrogen) atoms. The number of carbonyl (C=O) groups is 1. The number of nitrogens with two attached hydrogens (primary N) is 2. The molecule has 27 heteroatoms. The molecule has 5 aromatic rings. The molecule has 10 atom stereocenters. The van der Waals surface area contributed by atoms with Crippen LogP contribution < -0.4 is 21.8 Å². The summed E-state index contributed by atoms with van der Waals surface area (Å²) in [4.78, 5) is 47.2. The number of halogens is 2. The quantitative estimate of drug-likeness (QED) is 0.0829. The molecule has 4 aromatic heterocycles. The van der Waals surface area contributed by atoms with Gasteiger partial charge in [0.2, 0.25) is 5.95 Å². The smallest absolute Gasteiger partial charge is 0.389 e. The van der Waals surface area contributed by atoms with Crippen molar-refractivity contribution in [2.24, 2.45) is 0 Å². The Hall–Kier alpha value is -4.32. The number of H-pyrrole nitrogens is 1. The zero-order chi connectivity index (χ0) is 41.6. The van der Waals surface area contributed by atoms with Gasteiger partial charge in [0.15, 0.2) is 47.4 Å². The summed E-state index contributed by atoms with van der Waals surface area (Å²) in [6, 6.07) is 6.42. The van der Waals surface area contributed by atoms with Crippen LogP contribution in [-0.4, -0.2) is 103 Å². The number of carbonyl (C=O) groups excluding carboxylic acids is 1. The number of alkyl halides is 2. The molecule has 7 heterocycles. The Morgan fingerprint density at radius 3 is 2.29 bits per heavy atom. The van der Waals surface area contributed by atoms with E-state index < -0.39 is 82.3 Å². The third-order valence-electron chi connectivity index (χ3n) is 9.63. The zero-order valence-corrected chi connectivity index (χ0v) is 33.8. The number of nitrogens with zero attached hydrogens (tertiary/aromatic N) is 7. The molecule has 0 radical (unpaired) electrons. The fraction of sp³-hybridized carbons (Fsp3) is 0.469. The van der Waals surface area contributed by atoms with Crippen LogP contribution in [0.3, 0.4) is 0 Å². The fourth-order valence-electron chi connectivity index (χ4n) is 6.72. The van der Waals surface area contributed by atoms with Crippen LogP contribution in [0.5, 0.6) is 5.75 Å². The molecule has 1 aromatic carbocycles. The number of ether oxygens (including phenoxy) is 3. The molecule has 0 saturated carbocycles. The lowest BCUT2D eigenvalue weighted by Gasteiger charge is -2.30. The van der Waals surface area contributed by atoms with Crippen molar-refractivity contribution in [2.75, 3.05) is 24.7 Å². The normalized spacial score (nSPS) is 31.4. The first-order valence-electron chi connectivity index (χ1n) is 18.2. The van der Waals surface area contributed by atoms with E-state index in [0.29, 0.717) is 29.1 Å². The summed E-state index contributed by atoms with van der Waals surface area (Å²) in [5.41, 5.74) is 11.6. The van der Waals surface area contributed by atoms with Crippen molar-refractivity contribution >= 4 is 73.3 Å². The minimum Gasteiger partial charge on any atom is -0.427 e. The summed E-state index contributed by atoms with van der Waals surface area (Å²) in [5, 5.41) is 0. The Morgan fingerprint density at radius 2 is 1.59 bits per heavy atom. The average molecular weight is 881 g/mol. The van der Waals surface area contributed by atoms with Crippen LogP contribution in [0.25, 0.3) is 22.3 Å². The number of esters is 1. The predicted molar refractivity (Wildman–Crippen MR) is 208 cm³/mol. The van der Waals surface area contributed by atoms with E-state index in [-0.39, 0.29) is 52.2 Å². The van der Waals surface area contributed by atoms with E-state index in [1.165, 1.54) is 10.9 Å². The van der Waals surface area contributed by atoms with Crippen molar-refractivity contribution < 1.29 is 55.0 Å². The van der Waals surface area contributed by atoms with Gasteiger partial charge in [0.1, 0.15) is 42.0 Å². The van der Waals surface area contributed by atoms with Gasteiger partial charge in [0.25, 0.3) is 20.6 Å². The van der Waals surface area contributed by atoms with Crippen molar-refractivity contribution in [3.8, 4) is 5.75 Å². The van der Waals surface area contributed by atoms with E-state index in [1.807, 2.05) is 6.92 Å². The highest BCUT2D eigenvalue weighted by Crippen LogP contribution is 2.65. The molecule has 314 valence electrons. The summed E-state index contributed by atoms with van der Waals surface area (Å²) >= 11 is 0.689. The largest absolute Gasteiger partial charge is 0.427 e. The molecule has 21 nitrogen and oxygen atoms in total. The van der Waals surface area contributed by atoms with Crippen LogP contribution in [0, 0.1) is 0 Å². The summed E-state index contributed by atoms with van der Waals surface area (Å²) < 4.78 is 105. The standard InChI is InChI=1S/C32H37BF2N10O11P2S/c1-2-3-4-19(46)52-16-7-5-15(6-8-16)11-59-58(49)51-10-18-24(20(34)31(54-18)45-14-41-23-28(45)42-32(37)43-29(23)47)55-57(33,48)50-9-17-25(56-58)21(35)30(53-17)44-13-40-22-26(36)38-12-39-27(22)44/h5-8,12-14,17-18,20-21,24-25,30-31H,2-4,9-11,33H2,1H3,(H2,36,38,39)(H3,37,42,43,47)/t17-,18-,20-,21-,24-,25-,30-,31-,57-,58+/m1/s1. The second-order valence-corrected chi connectivity index (χ2v) is 19.9. The number of nitrogen functional groups attached to an aromatic ring is 2. The van der Waals surface area contributed by atoms with Gasteiger partial charge in [0, 0.05) is 12.2 Å². The number of fused-ring (bicyclic) bond motifs is 4. The predicted octanol–water partition coefficient (Wildman–Crippen LogP) is 3.29. The topological polar surface area (TPSA) is 275 Å². The molecule has 0 unspecified atom stereocenters. The van der Waals surface area contributed by atoms with Crippen molar-refractivity contribution in [2.45, 2.75) is 81.2 Å². The van der Waals surface area contributed by atoms with Crippen LogP contribution in [0.1, 0.15) is 44.2 Å². The minimum absolute atomic E-state index is 0.0224. The lowest BCUT2D eigenvalue weighted by molar-refractivity contribution is -0.134. The average Bonchev–Trinajstić information content (AvgIpc) is 3.96. The number of aromatic amines is 1. The number of hydrogen-bond acceptors (Lipinski definition) is 19. The van der Waals surface area contributed by atoms with Gasteiger partial charge >= 0.3 is 12.8 Å². The second-order valence-electron chi connectivity index (χ2n) is 13.8. The molecular formula is C32H37BF2N10O11P2S. The van der Waals surface area contributed by atoms with Gasteiger partial charge < -0.3 is 34.7 Å². The van der Waals surface area contributed by atoms with E-state index in [2.05, 4.69) is 29.9 Å². The van der Waals surface area contributed by atoms with Crippen LogP contribution in [0.2, 0.25) is 0 Å². The Morgan fingerprint density at radius 1 is 0.949 bits per heavy atom. The van der Waals surface area contributed by atoms with Gasteiger partial charge in [-0.25, -0.2) is 33.3 Å². The molecule has 3 fully saturated rings. The van der Waals surface area contributed by atoms with Crippen LogP contribution >= 0.6 is 25.7 Å². The first-order chi connectivity index (χ1) is 28.2. The molecule has 5 N–H and O–H groups in total. The van der Waals surface area contributed by atoms with Gasteiger partial charge in [-0.2, -0.15) is 4.98 Å². The fourth-order valence-corrected chi connectivity index (χ4v) is 11.3. The number of imidazole rings is 2. The Balaban J connectivity index is 1.09. The van der Waals surface area contributed by atoms with Crippen LogP contribution in [0.15, 0.2) is 48.0 Å². The number of hydrogen-bond donors (Lipinski definition) is 3. The number of unbranched alkanes of at least 4 members (excludes halogenated alkanes) is 1. The number of benzene rings is 1. The molecule has 8 rings (SSSR count). The maximum absolute atomic E-state index is 16.8. The molecule has 3 aliphatic rings. The first kappa shape index (κ1) is 41.4. The summed E-state index contributed by atoms with van der Waals surface area (Å²) in [7, 11) is -3.14.